The van der Waals surface area contributed by atoms with Gasteiger partial charge in [-0.25, -0.2) is 0 Å². The summed E-state index contributed by atoms with van der Waals surface area (Å²) in [5.41, 5.74) is 0.338. The number of hydrogen-bond donors (Lipinski definition) is 2. The number of nitrogens with one attached hydrogen (secondary N) is 1. The van der Waals surface area contributed by atoms with E-state index in [2.05, 4.69) is 17.1 Å². The van der Waals surface area contributed by atoms with Crippen LogP contribution in [-0.4, -0.2) is 62.0 Å². The first kappa shape index (κ1) is 17.2. The van der Waals surface area contributed by atoms with Crippen LogP contribution in [-0.2, 0) is 4.74 Å². The predicted octanol–water partition coefficient (Wildman–Crippen LogP) is 2.02. The van der Waals surface area contributed by atoms with Gasteiger partial charge in [0.25, 0.3) is 0 Å². The zero-order valence-corrected chi connectivity index (χ0v) is 13.8. The highest BCUT2D eigenvalue weighted by molar-refractivity contribution is 4.89. The van der Waals surface area contributed by atoms with Crippen LogP contribution in [0.5, 0.6) is 0 Å². The first-order valence-electron chi connectivity index (χ1n) is 8.93. The molecule has 21 heavy (non-hydrogen) atoms. The lowest BCUT2D eigenvalue weighted by atomic mass is 9.79. The second kappa shape index (κ2) is 9.09. The quantitative estimate of drug-likeness (QED) is 0.706. The fourth-order valence-corrected chi connectivity index (χ4v) is 3.81. The Labute approximate surface area is 130 Å². The van der Waals surface area contributed by atoms with Crippen LogP contribution in [0.15, 0.2) is 0 Å². The summed E-state index contributed by atoms with van der Waals surface area (Å²) in [6.45, 7) is 8.80. The monoisotopic (exact) mass is 298 g/mol. The van der Waals surface area contributed by atoms with Crippen LogP contribution >= 0.6 is 0 Å². The van der Waals surface area contributed by atoms with Gasteiger partial charge in [-0.15, -0.1) is 0 Å². The van der Waals surface area contributed by atoms with Gasteiger partial charge in [-0.3, -0.25) is 4.90 Å². The van der Waals surface area contributed by atoms with Crippen molar-refractivity contribution in [1.29, 1.82) is 0 Å². The Bertz CT molecular complexity index is 280. The van der Waals surface area contributed by atoms with E-state index in [0.717, 1.165) is 58.7 Å². The number of ether oxygens (including phenoxy) is 1. The molecule has 2 rings (SSSR count). The number of aliphatic hydroxyl groups excluding tert-OH is 1. The molecular weight excluding hydrogens is 264 g/mol. The van der Waals surface area contributed by atoms with Crippen molar-refractivity contribution in [3.05, 3.63) is 0 Å². The second-order valence-corrected chi connectivity index (χ2v) is 6.95. The predicted molar refractivity (Wildman–Crippen MR) is 86.6 cm³/mol. The van der Waals surface area contributed by atoms with Crippen LogP contribution < -0.4 is 5.32 Å². The molecule has 2 heterocycles. The number of rotatable bonds is 7. The van der Waals surface area contributed by atoms with E-state index >= 15 is 0 Å². The van der Waals surface area contributed by atoms with Gasteiger partial charge in [-0.2, -0.15) is 0 Å². The fourth-order valence-electron chi connectivity index (χ4n) is 3.81. The molecule has 1 atom stereocenters. The Morgan fingerprint density at radius 2 is 2.05 bits per heavy atom. The van der Waals surface area contributed by atoms with Gasteiger partial charge in [0.2, 0.25) is 0 Å². The second-order valence-electron chi connectivity index (χ2n) is 6.95. The molecule has 0 aliphatic carbocycles. The Hall–Kier alpha value is -0.160. The Balaban J connectivity index is 1.98. The SMILES string of the molecule is CCCNCC1(CN2CCCCCC2CO)CCOCC1. The molecule has 0 bridgehead atoms. The van der Waals surface area contributed by atoms with Crippen LogP contribution in [0.25, 0.3) is 0 Å². The highest BCUT2D eigenvalue weighted by atomic mass is 16.5. The Morgan fingerprint density at radius 1 is 1.24 bits per heavy atom. The number of likely N-dealkylation sites (tertiary alicyclic amines) is 1. The van der Waals surface area contributed by atoms with E-state index in [4.69, 9.17) is 4.74 Å². The molecule has 0 amide bonds. The molecule has 4 heteroatoms. The molecule has 0 aromatic heterocycles. The largest absolute Gasteiger partial charge is 0.395 e. The maximum absolute atomic E-state index is 9.73. The molecule has 2 saturated heterocycles. The van der Waals surface area contributed by atoms with E-state index in [1.165, 1.54) is 25.7 Å². The zero-order valence-electron chi connectivity index (χ0n) is 13.8. The van der Waals surface area contributed by atoms with Gasteiger partial charge in [-0.05, 0) is 50.6 Å². The minimum absolute atomic E-state index is 0.314. The molecule has 2 aliphatic heterocycles. The van der Waals surface area contributed by atoms with Crippen LogP contribution in [0.2, 0.25) is 0 Å². The lowest BCUT2D eigenvalue weighted by molar-refractivity contribution is -0.0164. The summed E-state index contributed by atoms with van der Waals surface area (Å²) in [7, 11) is 0. The zero-order chi connectivity index (χ0) is 15.0. The molecule has 2 N–H and O–H groups in total. The summed E-state index contributed by atoms with van der Waals surface area (Å²) < 4.78 is 5.60. The topological polar surface area (TPSA) is 44.7 Å². The smallest absolute Gasteiger partial charge is 0.0586 e. The number of aliphatic hydroxyl groups is 1. The van der Waals surface area contributed by atoms with E-state index in [1.54, 1.807) is 0 Å². The summed E-state index contributed by atoms with van der Waals surface area (Å²) in [4.78, 5) is 2.58. The average molecular weight is 298 g/mol. The molecular formula is C17H34N2O2. The van der Waals surface area contributed by atoms with Crippen molar-refractivity contribution in [2.75, 3.05) is 46.0 Å². The van der Waals surface area contributed by atoms with Gasteiger partial charge in [0, 0.05) is 32.3 Å². The minimum Gasteiger partial charge on any atom is -0.395 e. The molecule has 2 fully saturated rings. The van der Waals surface area contributed by atoms with Crippen molar-refractivity contribution in [3.63, 3.8) is 0 Å². The highest BCUT2D eigenvalue weighted by Gasteiger charge is 2.36. The third-order valence-electron chi connectivity index (χ3n) is 5.23. The number of nitrogens with zero attached hydrogens (tertiary/aromatic N) is 1. The first-order chi connectivity index (χ1) is 10.3. The standard InChI is InChI=1S/C17H34N2O2/c1-2-9-18-14-17(7-11-21-12-8-17)15-19-10-5-3-4-6-16(19)13-20/h16,18,20H,2-15H2,1H3. The molecule has 2 aliphatic rings. The summed E-state index contributed by atoms with van der Waals surface area (Å²) in [5, 5.41) is 13.4. The van der Waals surface area contributed by atoms with Crippen molar-refractivity contribution >= 4 is 0 Å². The highest BCUT2D eigenvalue weighted by Crippen LogP contribution is 2.33. The lowest BCUT2D eigenvalue weighted by Crippen LogP contribution is -2.50. The van der Waals surface area contributed by atoms with E-state index < -0.39 is 0 Å². The summed E-state index contributed by atoms with van der Waals surface area (Å²) in [6.07, 6.45) is 8.52. The van der Waals surface area contributed by atoms with Crippen LogP contribution in [0.4, 0.5) is 0 Å². The van der Waals surface area contributed by atoms with Crippen LogP contribution in [0.3, 0.4) is 0 Å². The van der Waals surface area contributed by atoms with Gasteiger partial charge < -0.3 is 15.2 Å². The fraction of sp³-hybridized carbons (Fsp3) is 1.00. The Morgan fingerprint density at radius 3 is 2.76 bits per heavy atom. The average Bonchev–Trinajstić information content (AvgIpc) is 2.73. The molecule has 1 unspecified atom stereocenters. The summed E-state index contributed by atoms with van der Waals surface area (Å²) in [5.74, 6) is 0. The van der Waals surface area contributed by atoms with Crippen molar-refractivity contribution < 1.29 is 9.84 Å². The Kier molecular flexibility index (Phi) is 7.44. The maximum atomic E-state index is 9.73. The molecule has 0 aromatic rings. The summed E-state index contributed by atoms with van der Waals surface area (Å²) >= 11 is 0. The maximum Gasteiger partial charge on any atom is 0.0586 e. The third kappa shape index (κ3) is 5.20. The van der Waals surface area contributed by atoms with Crippen molar-refractivity contribution in [2.45, 2.75) is 57.9 Å². The van der Waals surface area contributed by atoms with Gasteiger partial charge in [0.05, 0.1) is 6.61 Å². The first-order valence-corrected chi connectivity index (χ1v) is 8.93. The normalized spacial score (nSPS) is 27.4. The van der Waals surface area contributed by atoms with E-state index in [9.17, 15) is 5.11 Å². The molecule has 0 aromatic carbocycles. The summed E-state index contributed by atoms with van der Waals surface area (Å²) in [6, 6.07) is 0.374. The van der Waals surface area contributed by atoms with Gasteiger partial charge in [0.15, 0.2) is 0 Å². The third-order valence-corrected chi connectivity index (χ3v) is 5.23. The van der Waals surface area contributed by atoms with Crippen molar-refractivity contribution in [1.82, 2.24) is 10.2 Å². The van der Waals surface area contributed by atoms with Gasteiger partial charge >= 0.3 is 0 Å². The molecule has 4 nitrogen and oxygen atoms in total. The van der Waals surface area contributed by atoms with Gasteiger partial charge in [0.1, 0.15) is 0 Å². The van der Waals surface area contributed by atoms with Crippen molar-refractivity contribution in [2.24, 2.45) is 5.41 Å². The van der Waals surface area contributed by atoms with E-state index in [1.807, 2.05) is 0 Å². The van der Waals surface area contributed by atoms with Crippen molar-refractivity contribution in [3.8, 4) is 0 Å². The molecule has 0 radical (unpaired) electrons. The molecule has 0 saturated carbocycles. The van der Waals surface area contributed by atoms with Gasteiger partial charge in [-0.1, -0.05) is 19.8 Å². The van der Waals surface area contributed by atoms with Crippen LogP contribution in [0.1, 0.15) is 51.9 Å². The van der Waals surface area contributed by atoms with E-state index in [0.29, 0.717) is 18.1 Å². The van der Waals surface area contributed by atoms with Crippen LogP contribution in [0, 0.1) is 5.41 Å². The minimum atomic E-state index is 0.314. The number of hydrogen-bond acceptors (Lipinski definition) is 4. The molecule has 124 valence electrons. The van der Waals surface area contributed by atoms with E-state index in [-0.39, 0.29) is 0 Å². The molecule has 0 spiro atoms. The lowest BCUT2D eigenvalue weighted by Gasteiger charge is -2.43.